The van der Waals surface area contributed by atoms with Crippen LogP contribution < -0.4 is 0 Å². The minimum atomic E-state index is 0.756. The van der Waals surface area contributed by atoms with Gasteiger partial charge in [0.15, 0.2) is 0 Å². The monoisotopic (exact) mass is 237 g/mol. The lowest BCUT2D eigenvalue weighted by atomic mass is 9.64. The zero-order valence-corrected chi connectivity index (χ0v) is 12.3. The molecule has 0 aromatic heterocycles. The molecule has 2 aliphatic rings. The maximum atomic E-state index is 2.65. The Morgan fingerprint density at radius 2 is 1.53 bits per heavy atom. The van der Waals surface area contributed by atoms with E-state index in [1.165, 1.54) is 32.4 Å². The van der Waals surface area contributed by atoms with Crippen molar-refractivity contribution in [3.63, 3.8) is 0 Å². The van der Waals surface area contributed by atoms with Crippen LogP contribution in [0.1, 0.15) is 59.8 Å². The van der Waals surface area contributed by atoms with Gasteiger partial charge in [0.1, 0.15) is 0 Å². The Bertz CT molecular complexity index is 220. The average molecular weight is 237 g/mol. The van der Waals surface area contributed by atoms with E-state index in [9.17, 15) is 0 Å². The van der Waals surface area contributed by atoms with Crippen molar-refractivity contribution in [3.05, 3.63) is 0 Å². The van der Waals surface area contributed by atoms with Crippen LogP contribution in [0.4, 0.5) is 0 Å². The molecule has 0 amide bonds. The summed E-state index contributed by atoms with van der Waals surface area (Å²) in [5.74, 6) is 4.13. The smallest absolute Gasteiger partial charge is 0.00385 e. The molecule has 0 atom stereocenters. The van der Waals surface area contributed by atoms with Crippen molar-refractivity contribution >= 4 is 0 Å². The molecule has 0 N–H and O–H groups in total. The summed E-state index contributed by atoms with van der Waals surface area (Å²) in [6.07, 6.45) is 7.50. The molecule has 1 heterocycles. The molecule has 1 saturated heterocycles. The van der Waals surface area contributed by atoms with E-state index in [1.807, 2.05) is 0 Å². The molecular weight excluding hydrogens is 206 g/mol. The lowest BCUT2D eigenvalue weighted by molar-refractivity contribution is 0.0511. The highest BCUT2D eigenvalue weighted by molar-refractivity contribution is 4.88. The van der Waals surface area contributed by atoms with Crippen molar-refractivity contribution in [2.75, 3.05) is 13.1 Å². The number of piperidine rings is 1. The summed E-state index contributed by atoms with van der Waals surface area (Å²) < 4.78 is 0. The fourth-order valence-corrected chi connectivity index (χ4v) is 3.94. The summed E-state index contributed by atoms with van der Waals surface area (Å²) in [5.41, 5.74) is 0. The Hall–Kier alpha value is -0.0400. The lowest BCUT2D eigenvalue weighted by Crippen LogP contribution is -2.42. The van der Waals surface area contributed by atoms with Crippen LogP contribution in [0.5, 0.6) is 0 Å². The van der Waals surface area contributed by atoms with Crippen molar-refractivity contribution in [2.24, 2.45) is 23.7 Å². The average Bonchev–Trinajstić information content (AvgIpc) is 2.23. The highest BCUT2D eigenvalue weighted by Crippen LogP contribution is 2.45. The standard InChI is InChI=1S/C16H31N/c1-12(2)9-14-10-16(11-14)15-5-7-17(8-6-15)13(3)4/h12-16H,5-11H2,1-4H3. The van der Waals surface area contributed by atoms with Crippen LogP contribution in [0.25, 0.3) is 0 Å². The first-order valence-electron chi connectivity index (χ1n) is 7.80. The summed E-state index contributed by atoms with van der Waals surface area (Å²) in [5, 5.41) is 0. The zero-order valence-electron chi connectivity index (χ0n) is 12.3. The van der Waals surface area contributed by atoms with Crippen LogP contribution in [0.2, 0.25) is 0 Å². The van der Waals surface area contributed by atoms with Gasteiger partial charge in [-0.1, -0.05) is 13.8 Å². The molecule has 2 fully saturated rings. The van der Waals surface area contributed by atoms with Crippen molar-refractivity contribution < 1.29 is 0 Å². The molecule has 17 heavy (non-hydrogen) atoms. The second-order valence-electron chi connectivity index (χ2n) is 7.19. The predicted molar refractivity (Wildman–Crippen MR) is 75.1 cm³/mol. The molecule has 0 unspecified atom stereocenters. The minimum absolute atomic E-state index is 0.756. The molecule has 100 valence electrons. The first kappa shape index (κ1) is 13.4. The van der Waals surface area contributed by atoms with Crippen molar-refractivity contribution in [3.8, 4) is 0 Å². The normalized spacial score (nSPS) is 32.1. The first-order chi connectivity index (χ1) is 8.06. The van der Waals surface area contributed by atoms with Crippen LogP contribution in [0.3, 0.4) is 0 Å². The summed E-state index contributed by atoms with van der Waals surface area (Å²) in [6.45, 7) is 12.1. The molecule has 1 aliphatic heterocycles. The SMILES string of the molecule is CC(C)CC1CC(C2CCN(C(C)C)CC2)C1. The molecule has 0 aromatic rings. The Kier molecular flexibility index (Phi) is 4.52. The lowest BCUT2D eigenvalue weighted by Gasteiger charge is -2.45. The minimum Gasteiger partial charge on any atom is -0.301 e. The van der Waals surface area contributed by atoms with Gasteiger partial charge in [0.2, 0.25) is 0 Å². The predicted octanol–water partition coefficient (Wildman–Crippen LogP) is 4.18. The number of hydrogen-bond donors (Lipinski definition) is 0. The molecule has 0 aromatic carbocycles. The largest absolute Gasteiger partial charge is 0.301 e. The van der Waals surface area contributed by atoms with Gasteiger partial charge >= 0.3 is 0 Å². The first-order valence-corrected chi connectivity index (χ1v) is 7.80. The van der Waals surface area contributed by atoms with E-state index in [1.54, 1.807) is 12.8 Å². The molecule has 1 aliphatic carbocycles. The van der Waals surface area contributed by atoms with E-state index in [0.29, 0.717) is 0 Å². The topological polar surface area (TPSA) is 3.24 Å². The zero-order chi connectivity index (χ0) is 12.4. The summed E-state index contributed by atoms with van der Waals surface area (Å²) in [7, 11) is 0. The number of nitrogens with zero attached hydrogens (tertiary/aromatic N) is 1. The molecule has 0 radical (unpaired) electrons. The molecule has 1 heteroatoms. The van der Waals surface area contributed by atoms with Gasteiger partial charge in [-0.2, -0.15) is 0 Å². The highest BCUT2D eigenvalue weighted by atomic mass is 15.1. The van der Waals surface area contributed by atoms with Crippen LogP contribution in [-0.2, 0) is 0 Å². The summed E-state index contributed by atoms with van der Waals surface area (Å²) >= 11 is 0. The molecule has 1 saturated carbocycles. The van der Waals surface area contributed by atoms with E-state index in [4.69, 9.17) is 0 Å². The number of hydrogen-bond acceptors (Lipinski definition) is 1. The Morgan fingerprint density at radius 1 is 0.941 bits per heavy atom. The molecule has 0 spiro atoms. The number of likely N-dealkylation sites (tertiary alicyclic amines) is 1. The summed E-state index contributed by atoms with van der Waals surface area (Å²) in [6, 6.07) is 0.756. The van der Waals surface area contributed by atoms with E-state index in [0.717, 1.165) is 29.7 Å². The van der Waals surface area contributed by atoms with Gasteiger partial charge in [-0.3, -0.25) is 0 Å². The van der Waals surface area contributed by atoms with Gasteiger partial charge in [0.25, 0.3) is 0 Å². The van der Waals surface area contributed by atoms with Crippen molar-refractivity contribution in [2.45, 2.75) is 65.8 Å². The Labute approximate surface area is 108 Å². The van der Waals surface area contributed by atoms with E-state index in [-0.39, 0.29) is 0 Å². The van der Waals surface area contributed by atoms with Crippen LogP contribution in [0, 0.1) is 23.7 Å². The third kappa shape index (κ3) is 3.47. The third-order valence-electron chi connectivity index (χ3n) is 5.05. The summed E-state index contributed by atoms with van der Waals surface area (Å²) in [4.78, 5) is 2.65. The molecule has 2 rings (SSSR count). The van der Waals surface area contributed by atoms with E-state index >= 15 is 0 Å². The molecule has 1 nitrogen and oxygen atoms in total. The van der Waals surface area contributed by atoms with Gasteiger partial charge in [0, 0.05) is 6.04 Å². The maximum Gasteiger partial charge on any atom is 0.00385 e. The fourth-order valence-electron chi connectivity index (χ4n) is 3.94. The van der Waals surface area contributed by atoms with Gasteiger partial charge in [-0.15, -0.1) is 0 Å². The van der Waals surface area contributed by atoms with Crippen molar-refractivity contribution in [1.82, 2.24) is 4.90 Å². The molecule has 0 bridgehead atoms. The van der Waals surface area contributed by atoms with E-state index in [2.05, 4.69) is 32.6 Å². The van der Waals surface area contributed by atoms with Crippen molar-refractivity contribution in [1.29, 1.82) is 0 Å². The van der Waals surface area contributed by atoms with Gasteiger partial charge in [0.05, 0.1) is 0 Å². The number of rotatable bonds is 4. The van der Waals surface area contributed by atoms with E-state index < -0.39 is 0 Å². The fraction of sp³-hybridized carbons (Fsp3) is 1.00. The third-order valence-corrected chi connectivity index (χ3v) is 5.05. The Balaban J connectivity index is 1.66. The van der Waals surface area contributed by atoms with Gasteiger partial charge in [-0.25, -0.2) is 0 Å². The van der Waals surface area contributed by atoms with Gasteiger partial charge in [-0.05, 0) is 82.7 Å². The second kappa shape index (κ2) is 5.73. The maximum absolute atomic E-state index is 2.65. The van der Waals surface area contributed by atoms with Crippen LogP contribution in [0.15, 0.2) is 0 Å². The Morgan fingerprint density at radius 3 is 2.00 bits per heavy atom. The van der Waals surface area contributed by atoms with Crippen LogP contribution in [-0.4, -0.2) is 24.0 Å². The van der Waals surface area contributed by atoms with Gasteiger partial charge < -0.3 is 4.90 Å². The quantitative estimate of drug-likeness (QED) is 0.709. The second-order valence-corrected chi connectivity index (χ2v) is 7.19. The highest BCUT2D eigenvalue weighted by Gasteiger charge is 2.36. The molecular formula is C16H31N. The van der Waals surface area contributed by atoms with Crippen LogP contribution >= 0.6 is 0 Å².